The van der Waals surface area contributed by atoms with Crippen molar-refractivity contribution in [3.63, 3.8) is 0 Å². The maximum atomic E-state index is 14.4. The van der Waals surface area contributed by atoms with E-state index in [9.17, 15) is 9.18 Å². The van der Waals surface area contributed by atoms with E-state index in [0.29, 0.717) is 46.9 Å². The van der Waals surface area contributed by atoms with Crippen molar-refractivity contribution in [3.8, 4) is 5.75 Å². The van der Waals surface area contributed by atoms with Gasteiger partial charge in [0.2, 0.25) is 0 Å². The highest BCUT2D eigenvalue weighted by Crippen LogP contribution is 2.26. The zero-order chi connectivity index (χ0) is 28.2. The summed E-state index contributed by atoms with van der Waals surface area (Å²) in [4.78, 5) is 24.0. The van der Waals surface area contributed by atoms with Gasteiger partial charge in [-0.1, -0.05) is 10.7 Å². The normalized spacial score (nSPS) is 20.6. The Morgan fingerprint density at radius 2 is 2.20 bits per heavy atom. The molecule has 40 heavy (non-hydrogen) atoms. The number of piperidine rings is 1. The van der Waals surface area contributed by atoms with Crippen LogP contribution in [0.2, 0.25) is 0 Å². The lowest BCUT2D eigenvalue weighted by Gasteiger charge is -2.31. The number of hydrogen-bond acceptors (Lipinski definition) is 7. The van der Waals surface area contributed by atoms with Gasteiger partial charge in [0.25, 0.3) is 12.6 Å². The Bertz CT molecular complexity index is 1490. The van der Waals surface area contributed by atoms with Crippen LogP contribution in [0, 0.1) is 11.7 Å². The maximum absolute atomic E-state index is 14.4. The fourth-order valence-electron chi connectivity index (χ4n) is 5.21. The molecule has 2 atom stereocenters. The van der Waals surface area contributed by atoms with Crippen molar-refractivity contribution in [2.75, 3.05) is 25.9 Å². The molecule has 3 heterocycles. The number of carbonyl (C=O) groups excluding carboxylic acids is 1. The smallest absolute Gasteiger partial charge is 0.344 e. The van der Waals surface area contributed by atoms with Crippen LogP contribution < -0.4 is 20.6 Å². The van der Waals surface area contributed by atoms with Crippen molar-refractivity contribution >= 4 is 36.1 Å². The summed E-state index contributed by atoms with van der Waals surface area (Å²) in [6.07, 6.45) is 9.19. The van der Waals surface area contributed by atoms with Crippen molar-refractivity contribution in [2.24, 2.45) is 15.9 Å². The topological polar surface area (TPSA) is 110 Å². The van der Waals surface area contributed by atoms with Crippen LogP contribution in [0.1, 0.15) is 41.3 Å². The molecule has 1 amide bonds. The lowest BCUT2D eigenvalue weighted by Crippen LogP contribution is -2.36. The molecule has 0 spiro atoms. The van der Waals surface area contributed by atoms with Gasteiger partial charge >= 0.3 is 5.71 Å². The molecule has 206 valence electrons. The number of methoxy groups -OCH3 is 1. The Morgan fingerprint density at radius 3 is 3.00 bits per heavy atom. The number of amides is 1. The largest absolute Gasteiger partial charge is 0.496 e. The number of fused-ring (bicyclic) bond motifs is 1. The number of nitrogens with one attached hydrogen (secondary N) is 1. The summed E-state index contributed by atoms with van der Waals surface area (Å²) >= 11 is 0. The van der Waals surface area contributed by atoms with Gasteiger partial charge < -0.3 is 10.5 Å². The molecule has 0 saturated carbocycles. The molecule has 2 aromatic rings. The summed E-state index contributed by atoms with van der Waals surface area (Å²) < 4.78 is 24.0. The third-order valence-electron chi connectivity index (χ3n) is 7.19. The van der Waals surface area contributed by atoms with E-state index in [1.165, 1.54) is 6.07 Å². The van der Waals surface area contributed by atoms with Crippen molar-refractivity contribution in [1.82, 2.24) is 20.0 Å². The average molecular weight is 543 g/mol. The van der Waals surface area contributed by atoms with E-state index in [1.807, 2.05) is 30.3 Å². The Balaban J connectivity index is 1.28. The van der Waals surface area contributed by atoms with Crippen LogP contribution in [0.3, 0.4) is 0 Å². The van der Waals surface area contributed by atoms with E-state index in [4.69, 9.17) is 10.5 Å². The number of halogens is 1. The number of amidine groups is 1. The minimum Gasteiger partial charge on any atom is -0.496 e. The van der Waals surface area contributed by atoms with E-state index in [2.05, 4.69) is 31.7 Å². The number of likely N-dealkylation sites (tertiary alicyclic amines) is 1. The Hall–Kier alpha value is -4.37. The van der Waals surface area contributed by atoms with Crippen molar-refractivity contribution in [3.05, 3.63) is 82.8 Å². The van der Waals surface area contributed by atoms with Crippen LogP contribution in [0.15, 0.2) is 70.3 Å². The number of rotatable bonds is 7. The number of hydrazine groups is 1. The molecule has 3 N–H and O–H groups in total. The van der Waals surface area contributed by atoms with Gasteiger partial charge in [-0.05, 0) is 68.8 Å². The van der Waals surface area contributed by atoms with Gasteiger partial charge in [0.1, 0.15) is 23.6 Å². The predicted octanol–water partition coefficient (Wildman–Crippen LogP) is 3.12. The molecule has 3 aliphatic rings. The lowest BCUT2D eigenvalue weighted by atomic mass is 9.97. The molecule has 10 heteroatoms. The second kappa shape index (κ2) is 11.8. The minimum atomic E-state index is -0.366. The van der Waals surface area contributed by atoms with Crippen molar-refractivity contribution < 1.29 is 13.9 Å². The number of benzene rings is 2. The number of allylic oxidation sites excluding steroid dienone is 2. The highest BCUT2D eigenvalue weighted by Gasteiger charge is 2.28. The number of carbonyl (C=O) groups is 1. The summed E-state index contributed by atoms with van der Waals surface area (Å²) in [5.41, 5.74) is 12.9. The van der Waals surface area contributed by atoms with E-state index in [0.717, 1.165) is 30.8 Å². The summed E-state index contributed by atoms with van der Waals surface area (Å²) in [5, 5.41) is 1.83. The quantitative estimate of drug-likeness (QED) is 0.316. The summed E-state index contributed by atoms with van der Waals surface area (Å²) in [6, 6.07) is 9.90. The number of aliphatic imine (C=N–C) groups is 2. The van der Waals surface area contributed by atoms with E-state index >= 15 is 0 Å². The maximum Gasteiger partial charge on any atom is 0.344 e. The van der Waals surface area contributed by atoms with E-state index in [1.54, 1.807) is 43.7 Å². The van der Waals surface area contributed by atoms with Crippen LogP contribution in [-0.2, 0) is 6.54 Å². The average Bonchev–Trinajstić information content (AvgIpc) is 3.33. The van der Waals surface area contributed by atoms with Gasteiger partial charge in [-0.3, -0.25) is 14.7 Å². The van der Waals surface area contributed by atoms with E-state index in [-0.39, 0.29) is 23.8 Å². The molecule has 2 unspecified atom stereocenters. The number of nitrogens with two attached hydrogens (primary N) is 1. The molecule has 5 rings (SSSR count). The zero-order valence-corrected chi connectivity index (χ0v) is 22.7. The predicted molar refractivity (Wildman–Crippen MR) is 157 cm³/mol. The van der Waals surface area contributed by atoms with Gasteiger partial charge in [-0.25, -0.2) is 19.8 Å². The molecular formula is C30H33FN7O2+. The molecule has 9 nitrogen and oxygen atoms in total. The van der Waals surface area contributed by atoms with Gasteiger partial charge in [0, 0.05) is 48.2 Å². The summed E-state index contributed by atoms with van der Waals surface area (Å²) in [7, 11) is 1.54. The highest BCUT2D eigenvalue weighted by molar-refractivity contribution is 6.19. The van der Waals surface area contributed by atoms with Crippen LogP contribution in [0.25, 0.3) is 0 Å². The first kappa shape index (κ1) is 27.2. The van der Waals surface area contributed by atoms with Gasteiger partial charge in [0.05, 0.1) is 18.2 Å². The van der Waals surface area contributed by atoms with Gasteiger partial charge in [-0.2, -0.15) is 0 Å². The first-order chi connectivity index (χ1) is 19.4. The third kappa shape index (κ3) is 5.79. The number of ether oxygens (including phenoxy) is 1. The summed E-state index contributed by atoms with van der Waals surface area (Å²) in [5.74, 6) is 0.767. The molecule has 2 aromatic carbocycles. The van der Waals surface area contributed by atoms with Crippen LogP contribution in [-0.4, -0.2) is 66.7 Å². The molecule has 0 aliphatic carbocycles. The number of anilines is 1. The fraction of sp³-hybridized carbons (Fsp3) is 0.300. The van der Waals surface area contributed by atoms with Gasteiger partial charge in [-0.15, -0.1) is 0 Å². The SMILES string of the molecule is C=[N+]=C(C1=CN2NC(C)N=C2C=C1)c1cc(C(=O)N=CC2CCCN(Cc3c(F)cccc3OC)C2)ccc1N. The lowest BCUT2D eigenvalue weighted by molar-refractivity contribution is 0.100. The van der Waals surface area contributed by atoms with Gasteiger partial charge in [0.15, 0.2) is 0 Å². The molecule has 0 radical (unpaired) electrons. The zero-order valence-electron chi connectivity index (χ0n) is 22.7. The van der Waals surface area contributed by atoms with Crippen LogP contribution in [0.5, 0.6) is 5.75 Å². The number of hydrogen-bond donors (Lipinski definition) is 2. The van der Waals surface area contributed by atoms with Crippen molar-refractivity contribution in [2.45, 2.75) is 32.5 Å². The molecule has 1 fully saturated rings. The number of nitrogens with zero attached hydrogens (tertiary/aromatic N) is 5. The van der Waals surface area contributed by atoms with Crippen LogP contribution >= 0.6 is 0 Å². The molecule has 3 aliphatic heterocycles. The first-order valence-corrected chi connectivity index (χ1v) is 13.3. The summed E-state index contributed by atoms with van der Waals surface area (Å²) in [6.45, 7) is 7.66. The Labute approximate surface area is 233 Å². The molecule has 0 bridgehead atoms. The molecule has 1 saturated heterocycles. The standard InChI is InChI=1S/C30H32FN7O2/c1-19-35-28-12-10-22(17-38(28)36-19)29(33-2)23-14-21(9-11-26(23)32)30(39)34-15-20-6-5-13-37(16-20)18-24-25(31)7-4-8-27(24)40-3/h4,7-12,14-15,17,19-20,32,36H,2,5-6,13,16,18H2,1,3H3/p+1. The van der Waals surface area contributed by atoms with Crippen molar-refractivity contribution in [1.29, 1.82) is 0 Å². The fourth-order valence-corrected chi connectivity index (χ4v) is 5.21. The third-order valence-corrected chi connectivity index (χ3v) is 7.19. The van der Waals surface area contributed by atoms with Crippen LogP contribution in [0.4, 0.5) is 10.1 Å². The highest BCUT2D eigenvalue weighted by atomic mass is 19.1. The van der Waals surface area contributed by atoms with E-state index < -0.39 is 0 Å². The molecule has 0 aromatic heterocycles. The first-order valence-electron chi connectivity index (χ1n) is 13.3. The second-order valence-corrected chi connectivity index (χ2v) is 10.0. The monoisotopic (exact) mass is 542 g/mol. The molecular weight excluding hydrogens is 509 g/mol. The Kier molecular flexibility index (Phi) is 8.02. The Morgan fingerprint density at radius 1 is 1.35 bits per heavy atom. The minimum absolute atomic E-state index is 0.0298. The number of nitrogen functional groups attached to an aromatic ring is 1. The second-order valence-electron chi connectivity index (χ2n) is 10.0.